The Balaban J connectivity index is 1.88. The molecule has 0 aromatic heterocycles. The lowest BCUT2D eigenvalue weighted by Gasteiger charge is -2.33. The molecule has 5 heteroatoms. The summed E-state index contributed by atoms with van der Waals surface area (Å²) in [6, 6.07) is 9.39. The van der Waals surface area contributed by atoms with Crippen molar-refractivity contribution in [1.29, 1.82) is 0 Å². The number of rotatable bonds is 6. The van der Waals surface area contributed by atoms with E-state index in [1.807, 2.05) is 44.2 Å². The molecular formula is C18H25NO4. The van der Waals surface area contributed by atoms with Crippen LogP contribution in [0.15, 0.2) is 30.3 Å². The van der Waals surface area contributed by atoms with Crippen molar-refractivity contribution in [3.05, 3.63) is 30.3 Å². The molecular weight excluding hydrogens is 294 g/mol. The van der Waals surface area contributed by atoms with Crippen molar-refractivity contribution in [3.63, 3.8) is 0 Å². The van der Waals surface area contributed by atoms with E-state index in [0.29, 0.717) is 44.7 Å². The number of ether oxygens (including phenoxy) is 2. The lowest BCUT2D eigenvalue weighted by molar-refractivity contribution is -0.152. The van der Waals surface area contributed by atoms with Gasteiger partial charge in [-0.2, -0.15) is 0 Å². The van der Waals surface area contributed by atoms with E-state index in [1.165, 1.54) is 0 Å². The van der Waals surface area contributed by atoms with Crippen LogP contribution in [0.4, 0.5) is 0 Å². The monoisotopic (exact) mass is 319 g/mol. The molecule has 0 bridgehead atoms. The van der Waals surface area contributed by atoms with Gasteiger partial charge in [-0.15, -0.1) is 0 Å². The highest BCUT2D eigenvalue weighted by Crippen LogP contribution is 2.21. The Bertz CT molecular complexity index is 509. The van der Waals surface area contributed by atoms with Gasteiger partial charge in [-0.3, -0.25) is 9.59 Å². The van der Waals surface area contributed by atoms with E-state index < -0.39 is 6.10 Å². The molecule has 0 N–H and O–H groups in total. The summed E-state index contributed by atoms with van der Waals surface area (Å²) in [7, 11) is 0. The maximum atomic E-state index is 12.6. The van der Waals surface area contributed by atoms with Gasteiger partial charge in [0.1, 0.15) is 5.75 Å². The number of nitrogens with zero attached hydrogens (tertiary/aromatic N) is 1. The van der Waals surface area contributed by atoms with Crippen molar-refractivity contribution in [1.82, 2.24) is 4.90 Å². The van der Waals surface area contributed by atoms with Crippen molar-refractivity contribution < 1.29 is 19.1 Å². The van der Waals surface area contributed by atoms with Gasteiger partial charge in [-0.05, 0) is 38.3 Å². The molecule has 0 unspecified atom stereocenters. The number of amides is 1. The Kier molecular flexibility index (Phi) is 6.44. The summed E-state index contributed by atoms with van der Waals surface area (Å²) in [6.07, 6.45) is 1.46. The van der Waals surface area contributed by atoms with Crippen LogP contribution in [-0.2, 0) is 14.3 Å². The first kappa shape index (κ1) is 17.3. The zero-order valence-electron chi connectivity index (χ0n) is 13.9. The van der Waals surface area contributed by atoms with Crippen LogP contribution >= 0.6 is 0 Å². The third-order valence-electron chi connectivity index (χ3n) is 4.09. The quantitative estimate of drug-likeness (QED) is 0.756. The number of carbonyl (C=O) groups is 2. The highest BCUT2D eigenvalue weighted by atomic mass is 16.5. The summed E-state index contributed by atoms with van der Waals surface area (Å²) >= 11 is 0. The van der Waals surface area contributed by atoms with Gasteiger partial charge in [-0.1, -0.05) is 25.1 Å². The van der Waals surface area contributed by atoms with Gasteiger partial charge >= 0.3 is 5.97 Å². The molecule has 0 spiro atoms. The van der Waals surface area contributed by atoms with E-state index in [4.69, 9.17) is 9.47 Å². The van der Waals surface area contributed by atoms with Gasteiger partial charge in [0, 0.05) is 13.1 Å². The van der Waals surface area contributed by atoms with Crippen LogP contribution < -0.4 is 4.74 Å². The minimum Gasteiger partial charge on any atom is -0.481 e. The summed E-state index contributed by atoms with van der Waals surface area (Å²) in [4.78, 5) is 26.2. The minimum atomic E-state index is -0.475. The number of hydrogen-bond acceptors (Lipinski definition) is 4. The van der Waals surface area contributed by atoms with Crippen molar-refractivity contribution in [2.75, 3.05) is 19.7 Å². The van der Waals surface area contributed by atoms with E-state index in [1.54, 1.807) is 4.90 Å². The summed E-state index contributed by atoms with van der Waals surface area (Å²) in [6.45, 7) is 5.31. The maximum absolute atomic E-state index is 12.6. The number of hydrogen-bond donors (Lipinski definition) is 0. The smallest absolute Gasteiger partial charge is 0.309 e. The van der Waals surface area contributed by atoms with Crippen molar-refractivity contribution in [2.45, 2.75) is 39.2 Å². The summed E-state index contributed by atoms with van der Waals surface area (Å²) < 4.78 is 10.9. The second-order valence-corrected chi connectivity index (χ2v) is 5.68. The molecule has 1 aromatic rings. The molecule has 0 aliphatic carbocycles. The highest BCUT2D eigenvalue weighted by Gasteiger charge is 2.31. The SMILES string of the molecule is CCOC(=O)C1CCN(C(=O)[C@@H](CC)Oc2ccccc2)CC1. The Morgan fingerprint density at radius 3 is 2.39 bits per heavy atom. The van der Waals surface area contributed by atoms with E-state index in [2.05, 4.69) is 0 Å². The van der Waals surface area contributed by atoms with Crippen LogP contribution in [0.25, 0.3) is 0 Å². The Hall–Kier alpha value is -2.04. The first-order valence-corrected chi connectivity index (χ1v) is 8.32. The zero-order chi connectivity index (χ0) is 16.7. The molecule has 1 atom stereocenters. The number of likely N-dealkylation sites (tertiary alicyclic amines) is 1. The second kappa shape index (κ2) is 8.56. The fraction of sp³-hybridized carbons (Fsp3) is 0.556. The van der Waals surface area contributed by atoms with E-state index in [0.717, 1.165) is 0 Å². The van der Waals surface area contributed by atoms with Crippen LogP contribution in [0.2, 0.25) is 0 Å². The average molecular weight is 319 g/mol. The van der Waals surface area contributed by atoms with Crippen LogP contribution in [0.1, 0.15) is 33.1 Å². The van der Waals surface area contributed by atoms with Gasteiger partial charge in [0.05, 0.1) is 12.5 Å². The van der Waals surface area contributed by atoms with Crippen LogP contribution in [0, 0.1) is 5.92 Å². The summed E-state index contributed by atoms with van der Waals surface area (Å²) in [5, 5.41) is 0. The molecule has 1 aliphatic heterocycles. The second-order valence-electron chi connectivity index (χ2n) is 5.68. The topological polar surface area (TPSA) is 55.8 Å². The van der Waals surface area contributed by atoms with Crippen LogP contribution in [-0.4, -0.2) is 42.6 Å². The maximum Gasteiger partial charge on any atom is 0.309 e. The molecule has 1 fully saturated rings. The fourth-order valence-corrected chi connectivity index (χ4v) is 2.77. The minimum absolute atomic E-state index is 0.00124. The Morgan fingerprint density at radius 2 is 1.83 bits per heavy atom. The molecule has 0 saturated carbocycles. The number of esters is 1. The molecule has 2 rings (SSSR count). The molecule has 1 aliphatic rings. The van der Waals surface area contributed by atoms with E-state index in [9.17, 15) is 9.59 Å². The zero-order valence-corrected chi connectivity index (χ0v) is 13.9. The number of piperidine rings is 1. The third-order valence-corrected chi connectivity index (χ3v) is 4.09. The average Bonchev–Trinajstić information content (AvgIpc) is 2.60. The summed E-state index contributed by atoms with van der Waals surface area (Å²) in [5.41, 5.74) is 0. The molecule has 0 radical (unpaired) electrons. The highest BCUT2D eigenvalue weighted by molar-refractivity contribution is 5.81. The third kappa shape index (κ3) is 4.71. The largest absolute Gasteiger partial charge is 0.481 e. The molecule has 1 heterocycles. The molecule has 126 valence electrons. The molecule has 1 amide bonds. The van der Waals surface area contributed by atoms with E-state index in [-0.39, 0.29) is 17.8 Å². The van der Waals surface area contributed by atoms with Crippen LogP contribution in [0.5, 0.6) is 5.75 Å². The lowest BCUT2D eigenvalue weighted by Crippen LogP contribution is -2.46. The standard InChI is InChI=1S/C18H25NO4/c1-3-16(23-15-8-6-5-7-9-15)17(20)19-12-10-14(11-13-19)18(21)22-4-2/h5-9,14,16H,3-4,10-13H2,1-2H3/t16-/m1/s1. The first-order chi connectivity index (χ1) is 11.2. The normalized spacial score (nSPS) is 16.7. The Morgan fingerprint density at radius 1 is 1.17 bits per heavy atom. The number of carbonyl (C=O) groups excluding carboxylic acids is 2. The Labute approximate surface area is 137 Å². The van der Waals surface area contributed by atoms with Gasteiger partial charge < -0.3 is 14.4 Å². The predicted molar refractivity (Wildman–Crippen MR) is 87.1 cm³/mol. The van der Waals surface area contributed by atoms with E-state index >= 15 is 0 Å². The predicted octanol–water partition coefficient (Wildman–Crippen LogP) is 2.65. The van der Waals surface area contributed by atoms with Crippen molar-refractivity contribution >= 4 is 11.9 Å². The lowest BCUT2D eigenvalue weighted by atomic mass is 9.96. The first-order valence-electron chi connectivity index (χ1n) is 8.32. The molecule has 1 saturated heterocycles. The van der Waals surface area contributed by atoms with Crippen molar-refractivity contribution in [2.24, 2.45) is 5.92 Å². The number of benzene rings is 1. The van der Waals surface area contributed by atoms with Crippen LogP contribution in [0.3, 0.4) is 0 Å². The molecule has 23 heavy (non-hydrogen) atoms. The van der Waals surface area contributed by atoms with Gasteiger partial charge in [0.2, 0.25) is 0 Å². The number of para-hydroxylation sites is 1. The van der Waals surface area contributed by atoms with Gasteiger partial charge in [0.15, 0.2) is 6.10 Å². The summed E-state index contributed by atoms with van der Waals surface area (Å²) in [5.74, 6) is 0.467. The molecule has 1 aromatic carbocycles. The molecule has 5 nitrogen and oxygen atoms in total. The van der Waals surface area contributed by atoms with Gasteiger partial charge in [-0.25, -0.2) is 0 Å². The van der Waals surface area contributed by atoms with Crippen molar-refractivity contribution in [3.8, 4) is 5.75 Å². The fourth-order valence-electron chi connectivity index (χ4n) is 2.77. The van der Waals surface area contributed by atoms with Gasteiger partial charge in [0.25, 0.3) is 5.91 Å².